The first kappa shape index (κ1) is 22.3. The SMILES string of the molecule is CC1CN(NC(=O)c2cc3ccccc3nc2-c2cccc(S(N)(=O)=O)c2)CCC1(F)F. The molecule has 1 unspecified atom stereocenters. The molecule has 2 heterocycles. The summed E-state index contributed by atoms with van der Waals surface area (Å²) in [5, 5.41) is 7.44. The van der Waals surface area contributed by atoms with Gasteiger partial charge in [0, 0.05) is 36.4 Å². The van der Waals surface area contributed by atoms with Crippen molar-refractivity contribution in [1.29, 1.82) is 0 Å². The van der Waals surface area contributed by atoms with Crippen LogP contribution in [0.4, 0.5) is 8.78 Å². The van der Waals surface area contributed by atoms with Crippen LogP contribution in [-0.2, 0) is 10.0 Å². The molecule has 7 nitrogen and oxygen atoms in total. The van der Waals surface area contributed by atoms with E-state index in [2.05, 4.69) is 10.4 Å². The molecule has 2 aromatic carbocycles. The minimum atomic E-state index is -3.96. The molecule has 0 radical (unpaired) electrons. The van der Waals surface area contributed by atoms with E-state index in [1.807, 2.05) is 0 Å². The molecular weight excluding hydrogens is 438 g/mol. The number of nitrogens with zero attached hydrogens (tertiary/aromatic N) is 2. The lowest BCUT2D eigenvalue weighted by atomic mass is 9.96. The lowest BCUT2D eigenvalue weighted by Crippen LogP contribution is -2.53. The van der Waals surface area contributed by atoms with Crippen molar-refractivity contribution < 1.29 is 22.0 Å². The summed E-state index contributed by atoms with van der Waals surface area (Å²) in [6, 6.07) is 14.7. The van der Waals surface area contributed by atoms with E-state index >= 15 is 0 Å². The molecule has 0 saturated carbocycles. The van der Waals surface area contributed by atoms with Crippen molar-refractivity contribution in [3.8, 4) is 11.3 Å². The van der Waals surface area contributed by atoms with E-state index in [1.54, 1.807) is 36.4 Å². The fraction of sp³-hybridized carbons (Fsp3) is 0.273. The maximum atomic E-state index is 13.8. The van der Waals surface area contributed by atoms with Crippen LogP contribution in [0.3, 0.4) is 0 Å². The molecule has 1 aliphatic heterocycles. The number of carbonyl (C=O) groups excluding carboxylic acids is 1. The zero-order chi connectivity index (χ0) is 23.1. The van der Waals surface area contributed by atoms with Crippen molar-refractivity contribution in [2.24, 2.45) is 11.1 Å². The van der Waals surface area contributed by atoms with Crippen molar-refractivity contribution in [2.75, 3.05) is 13.1 Å². The second kappa shape index (κ2) is 8.19. The topological polar surface area (TPSA) is 105 Å². The Hall–Kier alpha value is -2.95. The van der Waals surface area contributed by atoms with Gasteiger partial charge in [-0.2, -0.15) is 0 Å². The fourth-order valence-corrected chi connectivity index (χ4v) is 4.28. The molecule has 1 atom stereocenters. The third kappa shape index (κ3) is 4.47. The molecule has 3 aromatic rings. The average molecular weight is 461 g/mol. The number of nitrogens with one attached hydrogen (secondary N) is 1. The van der Waals surface area contributed by atoms with Gasteiger partial charge in [0.05, 0.1) is 21.7 Å². The average Bonchev–Trinajstić information content (AvgIpc) is 2.75. The minimum absolute atomic E-state index is 0.00991. The lowest BCUT2D eigenvalue weighted by Gasteiger charge is -2.36. The molecule has 10 heteroatoms. The summed E-state index contributed by atoms with van der Waals surface area (Å²) in [6.45, 7) is 1.47. The van der Waals surface area contributed by atoms with Crippen LogP contribution < -0.4 is 10.6 Å². The Morgan fingerprint density at radius 3 is 2.66 bits per heavy atom. The summed E-state index contributed by atoms with van der Waals surface area (Å²) < 4.78 is 51.2. The summed E-state index contributed by atoms with van der Waals surface area (Å²) in [4.78, 5) is 17.7. The molecule has 4 rings (SSSR count). The molecule has 0 aliphatic carbocycles. The molecule has 1 fully saturated rings. The first-order chi connectivity index (χ1) is 15.0. The largest absolute Gasteiger partial charge is 0.285 e. The van der Waals surface area contributed by atoms with Crippen molar-refractivity contribution in [2.45, 2.75) is 24.2 Å². The number of pyridine rings is 1. The maximum Gasteiger partial charge on any atom is 0.267 e. The molecular formula is C22H22F2N4O3S. The summed E-state index contributed by atoms with van der Waals surface area (Å²) in [7, 11) is -3.96. The van der Waals surface area contributed by atoms with Crippen molar-refractivity contribution in [3.05, 3.63) is 60.2 Å². The number of para-hydroxylation sites is 1. The number of aromatic nitrogens is 1. The van der Waals surface area contributed by atoms with E-state index < -0.39 is 27.8 Å². The number of rotatable bonds is 4. The number of alkyl halides is 2. The predicted molar refractivity (Wildman–Crippen MR) is 116 cm³/mol. The standard InChI is InChI=1S/C22H22F2N4O3S/c1-14-13-28(10-9-22(14,23)24)27-21(29)18-12-15-5-2-3-8-19(15)26-20(18)16-6-4-7-17(11-16)32(25,30)31/h2-8,11-12,14H,9-10,13H2,1H3,(H,27,29)(H2,25,30,31). The molecule has 168 valence electrons. The predicted octanol–water partition coefficient (Wildman–Crippen LogP) is 3.17. The van der Waals surface area contributed by atoms with Crippen LogP contribution in [0.15, 0.2) is 59.5 Å². The van der Waals surface area contributed by atoms with Gasteiger partial charge >= 0.3 is 0 Å². The third-order valence-corrected chi connectivity index (χ3v) is 6.51. The monoisotopic (exact) mass is 460 g/mol. The summed E-state index contributed by atoms with van der Waals surface area (Å²) in [5.74, 6) is -4.20. The molecule has 0 bridgehead atoms. The number of halogens is 2. The van der Waals surface area contributed by atoms with Gasteiger partial charge in [0.15, 0.2) is 0 Å². The summed E-state index contributed by atoms with van der Waals surface area (Å²) >= 11 is 0. The molecule has 1 saturated heterocycles. The van der Waals surface area contributed by atoms with Gasteiger partial charge in [-0.05, 0) is 24.3 Å². The van der Waals surface area contributed by atoms with Crippen molar-refractivity contribution in [3.63, 3.8) is 0 Å². The molecule has 32 heavy (non-hydrogen) atoms. The Morgan fingerprint density at radius 1 is 1.19 bits per heavy atom. The zero-order valence-electron chi connectivity index (χ0n) is 17.3. The quantitative estimate of drug-likeness (QED) is 0.622. The van der Waals surface area contributed by atoms with Crippen LogP contribution >= 0.6 is 0 Å². The number of hydrogen-bond acceptors (Lipinski definition) is 5. The number of carbonyl (C=O) groups is 1. The van der Waals surface area contributed by atoms with Gasteiger partial charge in [-0.1, -0.05) is 37.3 Å². The van der Waals surface area contributed by atoms with Crippen LogP contribution in [0.5, 0.6) is 0 Å². The first-order valence-electron chi connectivity index (χ1n) is 10.0. The van der Waals surface area contributed by atoms with E-state index in [-0.39, 0.29) is 35.7 Å². The number of hydrogen-bond donors (Lipinski definition) is 2. The van der Waals surface area contributed by atoms with E-state index in [9.17, 15) is 22.0 Å². The van der Waals surface area contributed by atoms with Gasteiger partial charge in [0.2, 0.25) is 10.0 Å². The number of primary sulfonamides is 1. The second-order valence-electron chi connectivity index (χ2n) is 7.95. The highest BCUT2D eigenvalue weighted by atomic mass is 32.2. The highest BCUT2D eigenvalue weighted by molar-refractivity contribution is 7.89. The van der Waals surface area contributed by atoms with Crippen LogP contribution in [-0.4, -0.2) is 43.3 Å². The Bertz CT molecular complexity index is 1300. The van der Waals surface area contributed by atoms with Gasteiger partial charge < -0.3 is 0 Å². The van der Waals surface area contributed by atoms with Crippen LogP contribution in [0.2, 0.25) is 0 Å². The Labute approximate surface area is 184 Å². The first-order valence-corrected chi connectivity index (χ1v) is 11.6. The number of piperidine rings is 1. The summed E-state index contributed by atoms with van der Waals surface area (Å²) in [5.41, 5.74) is 4.17. The summed E-state index contributed by atoms with van der Waals surface area (Å²) in [6.07, 6.45) is -0.353. The van der Waals surface area contributed by atoms with E-state index in [0.717, 1.165) is 0 Å². The number of fused-ring (bicyclic) bond motifs is 1. The lowest BCUT2D eigenvalue weighted by molar-refractivity contribution is -0.106. The normalized spacial score (nSPS) is 19.1. The Balaban J connectivity index is 1.75. The smallest absolute Gasteiger partial charge is 0.267 e. The van der Waals surface area contributed by atoms with Crippen molar-refractivity contribution >= 4 is 26.8 Å². The minimum Gasteiger partial charge on any atom is -0.285 e. The van der Waals surface area contributed by atoms with Crippen LogP contribution in [0, 0.1) is 5.92 Å². The number of sulfonamides is 1. The zero-order valence-corrected chi connectivity index (χ0v) is 18.1. The van der Waals surface area contributed by atoms with Crippen LogP contribution in [0.25, 0.3) is 22.2 Å². The molecule has 0 spiro atoms. The number of amides is 1. The van der Waals surface area contributed by atoms with Gasteiger partial charge in [0.25, 0.3) is 11.8 Å². The molecule has 1 aliphatic rings. The molecule has 1 amide bonds. The van der Waals surface area contributed by atoms with Crippen LogP contribution in [0.1, 0.15) is 23.7 Å². The Morgan fingerprint density at radius 2 is 1.94 bits per heavy atom. The maximum absolute atomic E-state index is 13.8. The van der Waals surface area contributed by atoms with Gasteiger partial charge in [0.1, 0.15) is 0 Å². The second-order valence-corrected chi connectivity index (χ2v) is 9.51. The van der Waals surface area contributed by atoms with Gasteiger partial charge in [-0.25, -0.2) is 32.3 Å². The fourth-order valence-electron chi connectivity index (χ4n) is 3.72. The number of hydrazine groups is 1. The molecule has 3 N–H and O–H groups in total. The van der Waals surface area contributed by atoms with Crippen molar-refractivity contribution in [1.82, 2.24) is 15.4 Å². The highest BCUT2D eigenvalue weighted by Gasteiger charge is 2.41. The molecule has 1 aromatic heterocycles. The number of benzene rings is 2. The van der Waals surface area contributed by atoms with E-state index in [0.29, 0.717) is 16.5 Å². The van der Waals surface area contributed by atoms with Gasteiger partial charge in [-0.15, -0.1) is 0 Å². The Kier molecular flexibility index (Phi) is 5.70. The van der Waals surface area contributed by atoms with E-state index in [1.165, 1.54) is 30.1 Å². The van der Waals surface area contributed by atoms with E-state index in [4.69, 9.17) is 5.14 Å². The van der Waals surface area contributed by atoms with Gasteiger partial charge in [-0.3, -0.25) is 10.2 Å². The third-order valence-electron chi connectivity index (χ3n) is 5.59. The highest BCUT2D eigenvalue weighted by Crippen LogP contribution is 2.33. The number of nitrogens with two attached hydrogens (primary N) is 1.